The van der Waals surface area contributed by atoms with Crippen molar-refractivity contribution in [3.05, 3.63) is 29.8 Å². The minimum absolute atomic E-state index is 0.00711. The van der Waals surface area contributed by atoms with Gasteiger partial charge in [0.15, 0.2) is 0 Å². The Kier molecular flexibility index (Phi) is 6.88. The quantitative estimate of drug-likeness (QED) is 0.680. The molecule has 176 valence electrons. The number of carbonyl (C=O) groups is 2. The van der Waals surface area contributed by atoms with Crippen LogP contribution in [0.5, 0.6) is 0 Å². The van der Waals surface area contributed by atoms with E-state index in [-0.39, 0.29) is 22.8 Å². The number of hydrogen-bond acceptors (Lipinski definition) is 5. The number of carbonyl (C=O) groups excluding carboxylic acids is 2. The molecule has 1 aromatic carbocycles. The van der Waals surface area contributed by atoms with Crippen LogP contribution in [0.1, 0.15) is 43.5 Å². The van der Waals surface area contributed by atoms with Crippen molar-refractivity contribution in [3.8, 4) is 0 Å². The molecule has 3 atom stereocenters. The maximum atomic E-state index is 13.2. The smallest absolute Gasteiger partial charge is 0.254 e. The van der Waals surface area contributed by atoms with Gasteiger partial charge in [-0.1, -0.05) is 19.9 Å². The zero-order chi connectivity index (χ0) is 22.9. The van der Waals surface area contributed by atoms with E-state index in [2.05, 4.69) is 13.8 Å². The van der Waals surface area contributed by atoms with Gasteiger partial charge in [-0.05, 0) is 49.3 Å². The molecule has 3 aliphatic rings. The Hall–Kier alpha value is -1.97. The second kappa shape index (κ2) is 9.49. The van der Waals surface area contributed by atoms with Gasteiger partial charge in [0, 0.05) is 51.4 Å². The summed E-state index contributed by atoms with van der Waals surface area (Å²) in [6.07, 6.45) is 2.34. The third-order valence-corrected chi connectivity index (χ3v) is 8.47. The Bertz CT molecular complexity index is 942. The number of rotatable bonds is 4. The van der Waals surface area contributed by atoms with Crippen molar-refractivity contribution in [2.75, 3.05) is 45.9 Å². The predicted octanol–water partition coefficient (Wildman–Crippen LogP) is 1.82. The molecule has 2 amide bonds. The minimum Gasteiger partial charge on any atom is -0.368 e. The molecule has 3 aliphatic heterocycles. The Morgan fingerprint density at radius 1 is 1.00 bits per heavy atom. The first-order valence-corrected chi connectivity index (χ1v) is 13.0. The van der Waals surface area contributed by atoms with E-state index in [0.29, 0.717) is 63.3 Å². The average Bonchev–Trinajstić information content (AvgIpc) is 3.33. The Morgan fingerprint density at radius 2 is 1.66 bits per heavy atom. The topological polar surface area (TPSA) is 87.2 Å². The summed E-state index contributed by atoms with van der Waals surface area (Å²) >= 11 is 0. The van der Waals surface area contributed by atoms with Crippen LogP contribution in [0.4, 0.5) is 0 Å². The molecule has 0 spiro atoms. The number of sulfonamides is 1. The maximum Gasteiger partial charge on any atom is 0.254 e. The molecule has 0 N–H and O–H groups in total. The molecule has 0 aromatic heterocycles. The lowest BCUT2D eigenvalue weighted by Gasteiger charge is -2.36. The van der Waals surface area contributed by atoms with Crippen molar-refractivity contribution in [1.29, 1.82) is 0 Å². The summed E-state index contributed by atoms with van der Waals surface area (Å²) in [5, 5.41) is 0. The molecule has 3 unspecified atom stereocenters. The number of piperazine rings is 1. The van der Waals surface area contributed by atoms with Crippen LogP contribution in [0, 0.1) is 11.8 Å². The van der Waals surface area contributed by atoms with Crippen LogP contribution in [0.25, 0.3) is 0 Å². The zero-order valence-corrected chi connectivity index (χ0v) is 19.7. The van der Waals surface area contributed by atoms with Gasteiger partial charge in [0.1, 0.15) is 6.10 Å². The molecule has 0 saturated carbocycles. The normalized spacial score (nSPS) is 27.5. The van der Waals surface area contributed by atoms with Crippen LogP contribution in [-0.2, 0) is 19.6 Å². The number of benzene rings is 1. The van der Waals surface area contributed by atoms with Gasteiger partial charge >= 0.3 is 0 Å². The van der Waals surface area contributed by atoms with E-state index in [4.69, 9.17) is 4.74 Å². The SMILES string of the molecule is CC1CC(C)CN(S(=O)(=O)c2cccc(C(=O)N3CCN(C(=O)C4CCCO4)CC3)c2)C1. The van der Waals surface area contributed by atoms with Crippen LogP contribution in [0.15, 0.2) is 29.2 Å². The largest absolute Gasteiger partial charge is 0.368 e. The van der Waals surface area contributed by atoms with E-state index >= 15 is 0 Å². The Balaban J connectivity index is 1.42. The summed E-state index contributed by atoms with van der Waals surface area (Å²) in [4.78, 5) is 29.2. The van der Waals surface area contributed by atoms with Crippen molar-refractivity contribution in [3.63, 3.8) is 0 Å². The second-order valence-corrected chi connectivity index (χ2v) is 11.4. The summed E-state index contributed by atoms with van der Waals surface area (Å²) in [6.45, 7) is 7.56. The number of nitrogens with zero attached hydrogens (tertiary/aromatic N) is 3. The van der Waals surface area contributed by atoms with Crippen molar-refractivity contribution in [2.45, 2.75) is 44.1 Å². The molecule has 8 nitrogen and oxygen atoms in total. The monoisotopic (exact) mass is 463 g/mol. The Morgan fingerprint density at radius 3 is 2.28 bits per heavy atom. The molecular formula is C23H33N3O5S. The Labute approximate surface area is 190 Å². The highest BCUT2D eigenvalue weighted by Crippen LogP contribution is 2.27. The first kappa shape index (κ1) is 23.2. The van der Waals surface area contributed by atoms with Gasteiger partial charge < -0.3 is 14.5 Å². The standard InChI is InChI=1S/C23H33N3O5S/c1-17-13-18(2)16-26(15-17)32(29,30)20-6-3-5-19(14-20)22(27)24-8-10-25(11-9-24)23(28)21-7-4-12-31-21/h3,5-6,14,17-18,21H,4,7-13,15-16H2,1-2H3. The third-order valence-electron chi connectivity index (χ3n) is 6.64. The lowest BCUT2D eigenvalue weighted by molar-refractivity contribution is -0.142. The first-order valence-electron chi connectivity index (χ1n) is 11.6. The van der Waals surface area contributed by atoms with Crippen LogP contribution < -0.4 is 0 Å². The fourth-order valence-corrected chi connectivity index (χ4v) is 6.76. The van der Waals surface area contributed by atoms with E-state index in [1.165, 1.54) is 6.07 Å². The van der Waals surface area contributed by atoms with Crippen molar-refractivity contribution < 1.29 is 22.7 Å². The van der Waals surface area contributed by atoms with E-state index in [0.717, 1.165) is 19.3 Å². The molecule has 4 rings (SSSR count). The van der Waals surface area contributed by atoms with Gasteiger partial charge in [-0.3, -0.25) is 9.59 Å². The number of hydrogen-bond donors (Lipinski definition) is 0. The lowest BCUT2D eigenvalue weighted by atomic mass is 9.94. The van der Waals surface area contributed by atoms with Crippen molar-refractivity contribution in [2.24, 2.45) is 11.8 Å². The molecule has 3 fully saturated rings. The molecule has 3 heterocycles. The van der Waals surface area contributed by atoms with Gasteiger partial charge in [0.2, 0.25) is 10.0 Å². The van der Waals surface area contributed by atoms with Crippen molar-refractivity contribution >= 4 is 21.8 Å². The summed E-state index contributed by atoms with van der Waals surface area (Å²) in [5.74, 6) is 0.429. The fraction of sp³-hybridized carbons (Fsp3) is 0.652. The van der Waals surface area contributed by atoms with Crippen LogP contribution in [-0.4, -0.2) is 86.3 Å². The predicted molar refractivity (Wildman–Crippen MR) is 120 cm³/mol. The van der Waals surface area contributed by atoms with Crippen LogP contribution in [0.3, 0.4) is 0 Å². The number of amides is 2. The van der Waals surface area contributed by atoms with Gasteiger partial charge in [0.05, 0.1) is 4.90 Å². The highest BCUT2D eigenvalue weighted by molar-refractivity contribution is 7.89. The van der Waals surface area contributed by atoms with Gasteiger partial charge in [-0.15, -0.1) is 0 Å². The van der Waals surface area contributed by atoms with Gasteiger partial charge in [0.25, 0.3) is 11.8 Å². The summed E-state index contributed by atoms with van der Waals surface area (Å²) in [6, 6.07) is 6.35. The fourth-order valence-electron chi connectivity index (χ4n) is 5.03. The number of piperidine rings is 1. The lowest BCUT2D eigenvalue weighted by Crippen LogP contribution is -2.52. The van der Waals surface area contributed by atoms with E-state index in [1.807, 2.05) is 0 Å². The summed E-state index contributed by atoms with van der Waals surface area (Å²) in [5.41, 5.74) is 0.364. The summed E-state index contributed by atoms with van der Waals surface area (Å²) < 4.78 is 33.5. The van der Waals surface area contributed by atoms with Crippen LogP contribution >= 0.6 is 0 Å². The molecule has 3 saturated heterocycles. The van der Waals surface area contributed by atoms with E-state index in [1.54, 1.807) is 32.3 Å². The third kappa shape index (κ3) is 4.84. The molecule has 0 radical (unpaired) electrons. The molecule has 32 heavy (non-hydrogen) atoms. The summed E-state index contributed by atoms with van der Waals surface area (Å²) in [7, 11) is -3.65. The number of ether oxygens (including phenoxy) is 1. The van der Waals surface area contributed by atoms with Crippen LogP contribution in [0.2, 0.25) is 0 Å². The van der Waals surface area contributed by atoms with E-state index < -0.39 is 10.0 Å². The molecule has 9 heteroatoms. The highest BCUT2D eigenvalue weighted by Gasteiger charge is 2.34. The first-order chi connectivity index (χ1) is 15.3. The van der Waals surface area contributed by atoms with E-state index in [9.17, 15) is 18.0 Å². The maximum absolute atomic E-state index is 13.2. The minimum atomic E-state index is -3.65. The highest BCUT2D eigenvalue weighted by atomic mass is 32.2. The average molecular weight is 464 g/mol. The molecule has 1 aromatic rings. The molecular weight excluding hydrogens is 430 g/mol. The van der Waals surface area contributed by atoms with Crippen molar-refractivity contribution in [1.82, 2.24) is 14.1 Å². The second-order valence-electron chi connectivity index (χ2n) is 9.42. The van der Waals surface area contributed by atoms with Gasteiger partial charge in [-0.25, -0.2) is 8.42 Å². The zero-order valence-electron chi connectivity index (χ0n) is 18.9. The molecule has 0 bridgehead atoms. The van der Waals surface area contributed by atoms with Gasteiger partial charge in [-0.2, -0.15) is 4.31 Å². The molecule has 0 aliphatic carbocycles.